The van der Waals surface area contributed by atoms with Gasteiger partial charge in [0.05, 0.1) is 12.8 Å². The highest BCUT2D eigenvalue weighted by molar-refractivity contribution is 6.05. The first kappa shape index (κ1) is 30.3. The van der Waals surface area contributed by atoms with Crippen LogP contribution in [0.5, 0.6) is 0 Å². The molecule has 2 aliphatic carbocycles. The Labute approximate surface area is 269 Å². The summed E-state index contributed by atoms with van der Waals surface area (Å²) in [6, 6.07) is 13.6. The standard InChI is InChI=1S/C37H43N5O4/c1-46-31(43)17-12-25-10-14-28(15-11-25)39-36(45)37(18-5-6-19-37)40-35(44)27-13-16-29-30(24-27)42-22-7-21-41-23-20-38-34(41)33(42)32(29)26-8-3-2-4-9-26/h10-11,13-16,20,23-24,26H,2-9,12,17-19,21-22H2,1H3,(H,39,45)(H,40,44). The van der Waals surface area contributed by atoms with Crippen LogP contribution in [0.1, 0.15) is 98.0 Å². The number of fused-ring (bicyclic) bond motifs is 5. The molecule has 0 bridgehead atoms. The number of carbonyl (C=O) groups excluding carboxylic acids is 3. The van der Waals surface area contributed by atoms with E-state index in [2.05, 4.69) is 32.0 Å². The number of hydrogen-bond acceptors (Lipinski definition) is 5. The van der Waals surface area contributed by atoms with Crippen molar-refractivity contribution in [1.82, 2.24) is 19.4 Å². The second kappa shape index (κ2) is 12.8. The van der Waals surface area contributed by atoms with E-state index in [0.717, 1.165) is 49.3 Å². The molecular formula is C37H43N5O4. The Morgan fingerprint density at radius 3 is 2.50 bits per heavy atom. The molecule has 0 saturated heterocycles. The van der Waals surface area contributed by atoms with E-state index in [1.165, 1.54) is 55.9 Å². The number of anilines is 1. The summed E-state index contributed by atoms with van der Waals surface area (Å²) in [6.07, 6.45) is 15.0. The number of esters is 1. The van der Waals surface area contributed by atoms with Gasteiger partial charge in [-0.3, -0.25) is 14.4 Å². The minimum atomic E-state index is -0.969. The molecule has 2 N–H and O–H groups in total. The minimum Gasteiger partial charge on any atom is -0.469 e. The second-order valence-electron chi connectivity index (χ2n) is 13.2. The molecular weight excluding hydrogens is 578 g/mol. The molecule has 0 unspecified atom stereocenters. The molecule has 3 aliphatic rings. The van der Waals surface area contributed by atoms with Gasteiger partial charge in [0.15, 0.2) is 5.82 Å². The van der Waals surface area contributed by atoms with Crippen molar-refractivity contribution in [2.24, 2.45) is 0 Å². The molecule has 2 fully saturated rings. The number of nitrogens with zero attached hydrogens (tertiary/aromatic N) is 3. The van der Waals surface area contributed by atoms with Gasteiger partial charge in [-0.25, -0.2) is 4.98 Å². The van der Waals surface area contributed by atoms with Crippen molar-refractivity contribution in [3.63, 3.8) is 0 Å². The summed E-state index contributed by atoms with van der Waals surface area (Å²) in [5.74, 6) is 0.854. The van der Waals surface area contributed by atoms with Gasteiger partial charge in [0, 0.05) is 54.1 Å². The molecule has 2 aromatic carbocycles. The third kappa shape index (κ3) is 5.72. The third-order valence-electron chi connectivity index (χ3n) is 10.4. The third-order valence-corrected chi connectivity index (χ3v) is 10.4. The van der Waals surface area contributed by atoms with Gasteiger partial charge in [-0.2, -0.15) is 0 Å². The number of carbonyl (C=O) groups is 3. The second-order valence-corrected chi connectivity index (χ2v) is 13.2. The largest absolute Gasteiger partial charge is 0.469 e. The monoisotopic (exact) mass is 621 g/mol. The summed E-state index contributed by atoms with van der Waals surface area (Å²) in [7, 11) is 1.38. The van der Waals surface area contributed by atoms with Gasteiger partial charge in [-0.05, 0) is 79.8 Å². The fourth-order valence-corrected chi connectivity index (χ4v) is 7.93. The molecule has 1 aliphatic heterocycles. The van der Waals surface area contributed by atoms with Gasteiger partial charge in [-0.15, -0.1) is 0 Å². The predicted molar refractivity (Wildman–Crippen MR) is 178 cm³/mol. The molecule has 2 aromatic heterocycles. The number of nitrogens with one attached hydrogen (secondary N) is 2. The maximum atomic E-state index is 13.9. The molecule has 3 heterocycles. The first-order chi connectivity index (χ1) is 22.5. The van der Waals surface area contributed by atoms with E-state index in [9.17, 15) is 14.4 Å². The Bertz CT molecular complexity index is 1760. The summed E-state index contributed by atoms with van der Waals surface area (Å²) in [5, 5.41) is 7.46. The Kier molecular flexibility index (Phi) is 8.40. The van der Waals surface area contributed by atoms with Crippen LogP contribution < -0.4 is 10.6 Å². The number of amides is 2. The summed E-state index contributed by atoms with van der Waals surface area (Å²) in [6.45, 7) is 1.80. The molecule has 2 saturated carbocycles. The van der Waals surface area contributed by atoms with Gasteiger partial charge in [0.1, 0.15) is 5.54 Å². The van der Waals surface area contributed by atoms with Crippen LogP contribution in [0.4, 0.5) is 5.69 Å². The van der Waals surface area contributed by atoms with Crippen LogP contribution in [0.2, 0.25) is 0 Å². The van der Waals surface area contributed by atoms with Crippen LogP contribution in [0, 0.1) is 0 Å². The average molecular weight is 622 g/mol. The number of ether oxygens (including phenoxy) is 1. The fraction of sp³-hybridized carbons (Fsp3) is 0.459. The molecule has 2 amide bonds. The topological polar surface area (TPSA) is 107 Å². The number of benzene rings is 2. The number of methoxy groups -OCH3 is 1. The average Bonchev–Trinajstić information content (AvgIpc) is 3.80. The lowest BCUT2D eigenvalue weighted by Gasteiger charge is -2.29. The van der Waals surface area contributed by atoms with E-state index in [4.69, 9.17) is 9.72 Å². The number of imidazole rings is 1. The molecule has 4 aromatic rings. The zero-order valence-corrected chi connectivity index (χ0v) is 26.6. The van der Waals surface area contributed by atoms with Gasteiger partial charge in [0.25, 0.3) is 5.91 Å². The highest BCUT2D eigenvalue weighted by atomic mass is 16.5. The molecule has 0 radical (unpaired) electrons. The molecule has 7 rings (SSSR count). The molecule has 0 spiro atoms. The quantitative estimate of drug-likeness (QED) is 0.212. The molecule has 46 heavy (non-hydrogen) atoms. The number of aromatic nitrogens is 3. The zero-order valence-electron chi connectivity index (χ0n) is 26.6. The highest BCUT2D eigenvalue weighted by Gasteiger charge is 2.43. The summed E-state index contributed by atoms with van der Waals surface area (Å²) < 4.78 is 9.40. The van der Waals surface area contributed by atoms with E-state index in [1.807, 2.05) is 42.6 Å². The van der Waals surface area contributed by atoms with E-state index in [-0.39, 0.29) is 17.8 Å². The van der Waals surface area contributed by atoms with Crippen LogP contribution in [0.15, 0.2) is 54.9 Å². The van der Waals surface area contributed by atoms with Crippen molar-refractivity contribution in [2.75, 3.05) is 12.4 Å². The minimum absolute atomic E-state index is 0.190. The summed E-state index contributed by atoms with van der Waals surface area (Å²) >= 11 is 0. The van der Waals surface area contributed by atoms with Gasteiger partial charge in [0.2, 0.25) is 5.91 Å². The van der Waals surface area contributed by atoms with Crippen LogP contribution in [-0.2, 0) is 33.8 Å². The van der Waals surface area contributed by atoms with Crippen LogP contribution in [0.3, 0.4) is 0 Å². The maximum Gasteiger partial charge on any atom is 0.305 e. The lowest BCUT2D eigenvalue weighted by atomic mass is 9.82. The van der Waals surface area contributed by atoms with Crippen molar-refractivity contribution in [3.8, 4) is 11.5 Å². The van der Waals surface area contributed by atoms with Crippen molar-refractivity contribution in [2.45, 2.75) is 102 Å². The Morgan fingerprint density at radius 2 is 1.74 bits per heavy atom. The van der Waals surface area contributed by atoms with Crippen molar-refractivity contribution in [3.05, 3.63) is 71.5 Å². The first-order valence-corrected chi connectivity index (χ1v) is 16.9. The summed E-state index contributed by atoms with van der Waals surface area (Å²) in [5.41, 5.74) is 4.94. The number of hydrogen-bond donors (Lipinski definition) is 2. The lowest BCUT2D eigenvalue weighted by Crippen LogP contribution is -2.55. The number of rotatable bonds is 8. The van der Waals surface area contributed by atoms with Gasteiger partial charge >= 0.3 is 5.97 Å². The van der Waals surface area contributed by atoms with Crippen molar-refractivity contribution < 1.29 is 19.1 Å². The van der Waals surface area contributed by atoms with Gasteiger partial charge < -0.3 is 24.5 Å². The lowest BCUT2D eigenvalue weighted by molar-refractivity contribution is -0.140. The zero-order chi connectivity index (χ0) is 31.7. The van der Waals surface area contributed by atoms with E-state index in [1.54, 1.807) is 0 Å². The predicted octanol–water partition coefficient (Wildman–Crippen LogP) is 6.74. The van der Waals surface area contributed by atoms with Gasteiger partial charge in [-0.1, -0.05) is 50.3 Å². The highest BCUT2D eigenvalue weighted by Crippen LogP contribution is 2.45. The van der Waals surface area contributed by atoms with Crippen molar-refractivity contribution in [1.29, 1.82) is 0 Å². The molecule has 9 heteroatoms. The normalized spacial score (nSPS) is 17.6. The smallest absolute Gasteiger partial charge is 0.305 e. The Morgan fingerprint density at radius 1 is 0.957 bits per heavy atom. The van der Waals surface area contributed by atoms with E-state index < -0.39 is 5.54 Å². The fourth-order valence-electron chi connectivity index (χ4n) is 7.93. The first-order valence-electron chi connectivity index (χ1n) is 16.9. The molecule has 9 nitrogen and oxygen atoms in total. The van der Waals surface area contributed by atoms with Crippen LogP contribution in [0.25, 0.3) is 22.4 Å². The molecule has 240 valence electrons. The van der Waals surface area contributed by atoms with E-state index >= 15 is 0 Å². The van der Waals surface area contributed by atoms with Crippen molar-refractivity contribution >= 4 is 34.4 Å². The SMILES string of the molecule is COC(=O)CCc1ccc(NC(=O)C2(NC(=O)c3ccc4c(C5CCCCC5)c5n(c4c3)CCCn3ccnc3-5)CCCC2)cc1. The Hall–Kier alpha value is -4.40. The maximum absolute atomic E-state index is 13.9. The molecule has 0 atom stereocenters. The van der Waals surface area contributed by atoms with Crippen LogP contribution in [-0.4, -0.2) is 44.6 Å². The van der Waals surface area contributed by atoms with E-state index in [0.29, 0.717) is 42.9 Å². The number of aryl methyl sites for hydroxylation is 3. The Balaban J connectivity index is 1.15. The summed E-state index contributed by atoms with van der Waals surface area (Å²) in [4.78, 5) is 44.0. The van der Waals surface area contributed by atoms with Crippen LogP contribution >= 0.6 is 0 Å².